The van der Waals surface area contributed by atoms with E-state index >= 15 is 0 Å². The van der Waals surface area contributed by atoms with Gasteiger partial charge in [0.25, 0.3) is 5.91 Å². The Balaban J connectivity index is 1.93. The monoisotopic (exact) mass is 238 g/mol. The van der Waals surface area contributed by atoms with Gasteiger partial charge in [-0.3, -0.25) is 4.79 Å². The summed E-state index contributed by atoms with van der Waals surface area (Å²) in [5, 5.41) is 2.76. The number of nitrogens with one attached hydrogen (secondary N) is 1. The Labute approximate surface area is 99.2 Å². The van der Waals surface area contributed by atoms with Gasteiger partial charge in [0.1, 0.15) is 0 Å². The molecule has 0 aromatic carbocycles. The highest BCUT2D eigenvalue weighted by Gasteiger charge is 2.37. The molecule has 4 nitrogen and oxygen atoms in total. The summed E-state index contributed by atoms with van der Waals surface area (Å²) >= 11 is 0. The van der Waals surface area contributed by atoms with E-state index in [1.807, 2.05) is 0 Å². The molecule has 0 radical (unpaired) electrons. The first-order chi connectivity index (χ1) is 8.15. The molecule has 0 atom stereocenters. The molecule has 0 saturated heterocycles. The summed E-state index contributed by atoms with van der Waals surface area (Å²) in [4.78, 5) is 15.1. The Morgan fingerprint density at radius 3 is 2.94 bits per heavy atom. The van der Waals surface area contributed by atoms with E-state index in [2.05, 4.69) is 10.3 Å². The topological polar surface area (TPSA) is 51.2 Å². The molecular formula is C12H15FN2O2. The van der Waals surface area contributed by atoms with Crippen molar-refractivity contribution >= 4 is 5.91 Å². The van der Waals surface area contributed by atoms with Crippen molar-refractivity contribution in [2.24, 2.45) is 0 Å². The minimum atomic E-state index is -0.650. The van der Waals surface area contributed by atoms with Crippen LogP contribution in [0.4, 0.5) is 4.39 Å². The summed E-state index contributed by atoms with van der Waals surface area (Å²) in [7, 11) is 1.65. The highest BCUT2D eigenvalue weighted by molar-refractivity contribution is 5.94. The zero-order valence-corrected chi connectivity index (χ0v) is 9.70. The molecule has 1 saturated carbocycles. The van der Waals surface area contributed by atoms with Gasteiger partial charge in [-0.2, -0.15) is 4.39 Å². The normalized spacial score (nSPS) is 17.3. The maximum absolute atomic E-state index is 12.8. The molecule has 92 valence electrons. The second-order valence-corrected chi connectivity index (χ2v) is 4.29. The van der Waals surface area contributed by atoms with Crippen LogP contribution in [0.5, 0.6) is 0 Å². The minimum Gasteiger partial charge on any atom is -0.376 e. The fourth-order valence-corrected chi connectivity index (χ4v) is 1.91. The number of aromatic nitrogens is 1. The van der Waals surface area contributed by atoms with Crippen LogP contribution in [0.1, 0.15) is 29.6 Å². The summed E-state index contributed by atoms with van der Waals surface area (Å²) < 4.78 is 18.2. The fraction of sp³-hybridized carbons (Fsp3) is 0.500. The Bertz CT molecular complexity index is 413. The molecule has 1 aliphatic carbocycles. The van der Waals surface area contributed by atoms with Crippen LogP contribution in [0, 0.1) is 5.95 Å². The first-order valence-electron chi connectivity index (χ1n) is 5.60. The van der Waals surface area contributed by atoms with Crippen LogP contribution in [0.25, 0.3) is 0 Å². The molecule has 1 aromatic rings. The van der Waals surface area contributed by atoms with Gasteiger partial charge in [-0.25, -0.2) is 4.98 Å². The highest BCUT2D eigenvalue weighted by Crippen LogP contribution is 2.34. The lowest BCUT2D eigenvalue weighted by atomic mass is 9.80. The van der Waals surface area contributed by atoms with Gasteiger partial charge >= 0.3 is 0 Å². The second-order valence-electron chi connectivity index (χ2n) is 4.29. The predicted molar refractivity (Wildman–Crippen MR) is 60.1 cm³/mol. The van der Waals surface area contributed by atoms with Crippen molar-refractivity contribution in [2.75, 3.05) is 13.7 Å². The molecule has 0 aliphatic heterocycles. The number of ether oxygens (including phenoxy) is 1. The average Bonchev–Trinajstić information content (AvgIpc) is 2.28. The van der Waals surface area contributed by atoms with Crippen molar-refractivity contribution in [3.8, 4) is 0 Å². The number of amides is 1. The van der Waals surface area contributed by atoms with Gasteiger partial charge in [0, 0.05) is 31.5 Å². The van der Waals surface area contributed by atoms with Crippen LogP contribution >= 0.6 is 0 Å². The van der Waals surface area contributed by atoms with Gasteiger partial charge in [0.15, 0.2) is 0 Å². The SMILES string of the molecule is COC1(CNC(=O)c2ccnc(F)c2)CCC1. The van der Waals surface area contributed by atoms with E-state index in [0.29, 0.717) is 6.54 Å². The molecule has 1 aliphatic rings. The number of hydrogen-bond acceptors (Lipinski definition) is 3. The van der Waals surface area contributed by atoms with Gasteiger partial charge in [0.05, 0.1) is 5.60 Å². The van der Waals surface area contributed by atoms with E-state index < -0.39 is 5.95 Å². The Kier molecular flexibility index (Phi) is 3.38. The average molecular weight is 238 g/mol. The number of carbonyl (C=O) groups is 1. The molecule has 1 fully saturated rings. The summed E-state index contributed by atoms with van der Waals surface area (Å²) in [6.45, 7) is 0.465. The van der Waals surface area contributed by atoms with Crippen LogP contribution in [-0.4, -0.2) is 30.1 Å². The first kappa shape index (κ1) is 12.0. The van der Waals surface area contributed by atoms with Crippen molar-refractivity contribution in [1.29, 1.82) is 0 Å². The van der Waals surface area contributed by atoms with Crippen molar-refractivity contribution < 1.29 is 13.9 Å². The fourth-order valence-electron chi connectivity index (χ4n) is 1.91. The number of rotatable bonds is 4. The third-order valence-corrected chi connectivity index (χ3v) is 3.26. The minimum absolute atomic E-state index is 0.221. The molecule has 17 heavy (non-hydrogen) atoms. The number of pyridine rings is 1. The Hall–Kier alpha value is -1.49. The van der Waals surface area contributed by atoms with E-state index in [0.717, 1.165) is 25.3 Å². The summed E-state index contributed by atoms with van der Waals surface area (Å²) in [6, 6.07) is 2.61. The third-order valence-electron chi connectivity index (χ3n) is 3.26. The summed E-state index contributed by atoms with van der Waals surface area (Å²) in [6.07, 6.45) is 4.30. The zero-order valence-electron chi connectivity index (χ0n) is 9.70. The maximum Gasteiger partial charge on any atom is 0.251 e. The lowest BCUT2D eigenvalue weighted by molar-refractivity contribution is -0.0679. The van der Waals surface area contributed by atoms with Crippen molar-refractivity contribution in [2.45, 2.75) is 24.9 Å². The van der Waals surface area contributed by atoms with Crippen LogP contribution in [0.2, 0.25) is 0 Å². The highest BCUT2D eigenvalue weighted by atomic mass is 19.1. The second kappa shape index (κ2) is 4.79. The van der Waals surface area contributed by atoms with Crippen molar-refractivity contribution in [3.63, 3.8) is 0 Å². The van der Waals surface area contributed by atoms with E-state index in [4.69, 9.17) is 4.74 Å². The van der Waals surface area contributed by atoms with Gasteiger partial charge in [-0.15, -0.1) is 0 Å². The van der Waals surface area contributed by atoms with E-state index in [-0.39, 0.29) is 17.1 Å². The molecule has 1 amide bonds. The van der Waals surface area contributed by atoms with Crippen LogP contribution in [-0.2, 0) is 4.74 Å². The number of methoxy groups -OCH3 is 1. The quantitative estimate of drug-likeness (QED) is 0.809. The molecule has 1 aromatic heterocycles. The number of nitrogens with zero attached hydrogens (tertiary/aromatic N) is 1. The summed E-state index contributed by atoms with van der Waals surface area (Å²) in [5.74, 6) is -0.947. The largest absolute Gasteiger partial charge is 0.376 e. The maximum atomic E-state index is 12.8. The smallest absolute Gasteiger partial charge is 0.251 e. The van der Waals surface area contributed by atoms with Crippen LogP contribution in [0.15, 0.2) is 18.3 Å². The van der Waals surface area contributed by atoms with Gasteiger partial charge < -0.3 is 10.1 Å². The number of carbonyl (C=O) groups excluding carboxylic acids is 1. The van der Waals surface area contributed by atoms with Crippen molar-refractivity contribution in [3.05, 3.63) is 29.8 Å². The molecule has 0 spiro atoms. The van der Waals surface area contributed by atoms with Crippen LogP contribution in [0.3, 0.4) is 0 Å². The number of hydrogen-bond donors (Lipinski definition) is 1. The first-order valence-corrected chi connectivity index (χ1v) is 5.60. The standard InChI is InChI=1S/C12H15FN2O2/c1-17-12(4-2-5-12)8-15-11(16)9-3-6-14-10(13)7-9/h3,6-7H,2,4-5,8H2,1H3,(H,15,16). The van der Waals surface area contributed by atoms with E-state index in [9.17, 15) is 9.18 Å². The third kappa shape index (κ3) is 2.61. The molecule has 2 rings (SSSR count). The predicted octanol–water partition coefficient (Wildman–Crippen LogP) is 1.52. The lowest BCUT2D eigenvalue weighted by Gasteiger charge is -2.40. The molecule has 1 heterocycles. The molecular weight excluding hydrogens is 223 g/mol. The van der Waals surface area contributed by atoms with Crippen molar-refractivity contribution in [1.82, 2.24) is 10.3 Å². The molecule has 1 N–H and O–H groups in total. The van der Waals surface area contributed by atoms with Gasteiger partial charge in [-0.05, 0) is 25.3 Å². The van der Waals surface area contributed by atoms with E-state index in [1.54, 1.807) is 7.11 Å². The lowest BCUT2D eigenvalue weighted by Crippen LogP contribution is -2.49. The summed E-state index contributed by atoms with van der Waals surface area (Å²) in [5.41, 5.74) is 0.0596. The van der Waals surface area contributed by atoms with Crippen LogP contribution < -0.4 is 5.32 Å². The van der Waals surface area contributed by atoms with Gasteiger partial charge in [-0.1, -0.05) is 0 Å². The van der Waals surface area contributed by atoms with E-state index in [1.165, 1.54) is 12.3 Å². The number of halogens is 1. The molecule has 0 bridgehead atoms. The Morgan fingerprint density at radius 1 is 1.65 bits per heavy atom. The zero-order chi connectivity index (χ0) is 12.3. The van der Waals surface area contributed by atoms with Gasteiger partial charge in [0.2, 0.25) is 5.95 Å². The molecule has 0 unspecified atom stereocenters. The Morgan fingerprint density at radius 2 is 2.41 bits per heavy atom. The molecule has 5 heteroatoms.